The topological polar surface area (TPSA) is 80.9 Å². The molecule has 6 nitrogen and oxygen atoms in total. The maximum atomic E-state index is 10.7. The number of hydrogen-bond donors (Lipinski definition) is 1. The fourth-order valence-corrected chi connectivity index (χ4v) is 3.16. The molecule has 1 N–H and O–H groups in total. The van der Waals surface area contributed by atoms with Crippen LogP contribution in [0.4, 0.5) is 0 Å². The van der Waals surface area contributed by atoms with Crippen molar-refractivity contribution < 1.29 is 9.90 Å². The first-order chi connectivity index (χ1) is 10.5. The lowest BCUT2D eigenvalue weighted by Gasteiger charge is -2.07. The van der Waals surface area contributed by atoms with E-state index in [9.17, 15) is 4.79 Å². The molecular formula is C14H14N4O2S2. The Bertz CT molecular complexity index is 732. The molecule has 2 aromatic rings. The van der Waals surface area contributed by atoms with E-state index in [-0.39, 0.29) is 5.01 Å². The van der Waals surface area contributed by atoms with Gasteiger partial charge < -0.3 is 9.67 Å². The van der Waals surface area contributed by atoms with Crippen molar-refractivity contribution in [2.45, 2.75) is 11.3 Å². The van der Waals surface area contributed by atoms with Crippen LogP contribution in [0.2, 0.25) is 0 Å². The number of carboxylic acids is 1. The highest BCUT2D eigenvalue weighted by atomic mass is 32.2. The molecule has 0 saturated carbocycles. The highest BCUT2D eigenvalue weighted by molar-refractivity contribution is 8.01. The van der Waals surface area contributed by atoms with E-state index >= 15 is 0 Å². The zero-order valence-electron chi connectivity index (χ0n) is 11.9. The molecule has 0 radical (unpaired) electrons. The largest absolute Gasteiger partial charge is 0.476 e. The summed E-state index contributed by atoms with van der Waals surface area (Å²) >= 11 is 2.47. The minimum atomic E-state index is -1.06. The molecule has 0 aliphatic heterocycles. The third kappa shape index (κ3) is 4.15. The average molecular weight is 334 g/mol. The first-order valence-electron chi connectivity index (χ1n) is 6.20. The predicted molar refractivity (Wildman–Crippen MR) is 88.0 cm³/mol. The van der Waals surface area contributed by atoms with Crippen LogP contribution in [0.15, 0.2) is 53.4 Å². The molecule has 0 amide bonds. The van der Waals surface area contributed by atoms with Crippen LogP contribution in [0.25, 0.3) is 5.70 Å². The van der Waals surface area contributed by atoms with Gasteiger partial charge in [0.2, 0.25) is 5.01 Å². The molecule has 0 bridgehead atoms. The molecule has 114 valence electrons. The van der Waals surface area contributed by atoms with Gasteiger partial charge in [-0.05, 0) is 24.1 Å². The van der Waals surface area contributed by atoms with Gasteiger partial charge in [-0.15, -0.1) is 10.2 Å². The zero-order valence-corrected chi connectivity index (χ0v) is 13.5. The van der Waals surface area contributed by atoms with E-state index in [4.69, 9.17) is 5.11 Å². The normalized spacial score (nSPS) is 11.4. The van der Waals surface area contributed by atoms with E-state index in [2.05, 4.69) is 28.3 Å². The van der Waals surface area contributed by atoms with Crippen LogP contribution < -0.4 is 0 Å². The number of carbonyl (C=O) groups is 1. The van der Waals surface area contributed by atoms with Crippen molar-refractivity contribution in [1.29, 1.82) is 0 Å². The SMILES string of the molecule is C=C(CSc1nnc(C(=O)O)s1)/C(C)=C\C(=C)n1ccnc1. The molecule has 0 aliphatic carbocycles. The summed E-state index contributed by atoms with van der Waals surface area (Å²) in [6.07, 6.45) is 7.11. The van der Waals surface area contributed by atoms with Gasteiger partial charge in [-0.2, -0.15) is 0 Å². The Labute approximate surface area is 135 Å². The van der Waals surface area contributed by atoms with Gasteiger partial charge >= 0.3 is 5.97 Å². The van der Waals surface area contributed by atoms with Crippen molar-refractivity contribution >= 4 is 34.8 Å². The predicted octanol–water partition coefficient (Wildman–Crippen LogP) is 3.20. The Balaban J connectivity index is 1.93. The maximum Gasteiger partial charge on any atom is 0.367 e. The number of allylic oxidation sites excluding steroid dienone is 3. The van der Waals surface area contributed by atoms with Crippen LogP contribution in [0.5, 0.6) is 0 Å². The molecule has 0 fully saturated rings. The average Bonchev–Trinajstić information content (AvgIpc) is 3.15. The van der Waals surface area contributed by atoms with Gasteiger partial charge in [-0.3, -0.25) is 0 Å². The standard InChI is InChI=1S/C14H14N4O2S2/c1-9(6-11(3)18-5-4-15-8-18)10(2)7-21-14-17-16-12(22-14)13(19)20/h4-6,8H,2-3,7H2,1H3,(H,19,20)/b9-6-. The number of aromatic nitrogens is 4. The summed E-state index contributed by atoms with van der Waals surface area (Å²) in [5.41, 5.74) is 2.71. The summed E-state index contributed by atoms with van der Waals surface area (Å²) in [5, 5.41) is 16.2. The second kappa shape index (κ2) is 7.19. The van der Waals surface area contributed by atoms with Crippen LogP contribution in [0.3, 0.4) is 0 Å². The van der Waals surface area contributed by atoms with E-state index < -0.39 is 5.97 Å². The molecule has 0 aliphatic rings. The van der Waals surface area contributed by atoms with Crippen LogP contribution >= 0.6 is 23.1 Å². The second-order valence-electron chi connectivity index (χ2n) is 4.36. The molecular weight excluding hydrogens is 320 g/mol. The number of aromatic carboxylic acids is 1. The summed E-state index contributed by atoms with van der Waals surface area (Å²) in [7, 11) is 0. The van der Waals surface area contributed by atoms with Crippen molar-refractivity contribution in [3.05, 3.63) is 54.1 Å². The lowest BCUT2D eigenvalue weighted by Crippen LogP contribution is -1.93. The molecule has 0 aromatic carbocycles. The van der Waals surface area contributed by atoms with Crippen molar-refractivity contribution in [2.24, 2.45) is 0 Å². The van der Waals surface area contributed by atoms with Crippen LogP contribution in [0.1, 0.15) is 16.7 Å². The van der Waals surface area contributed by atoms with Crippen molar-refractivity contribution in [3.8, 4) is 0 Å². The molecule has 0 saturated heterocycles. The van der Waals surface area contributed by atoms with Crippen LogP contribution in [-0.4, -0.2) is 36.6 Å². The molecule has 8 heteroatoms. The lowest BCUT2D eigenvalue weighted by atomic mass is 10.1. The van der Waals surface area contributed by atoms with Crippen molar-refractivity contribution in [3.63, 3.8) is 0 Å². The van der Waals surface area contributed by atoms with Gasteiger partial charge in [0.05, 0.1) is 6.33 Å². The van der Waals surface area contributed by atoms with E-state index in [1.165, 1.54) is 11.8 Å². The molecule has 2 heterocycles. The van der Waals surface area contributed by atoms with Gasteiger partial charge in [-0.25, -0.2) is 9.78 Å². The number of carboxylic acid groups (broad SMARTS) is 1. The number of hydrogen-bond acceptors (Lipinski definition) is 6. The Morgan fingerprint density at radius 3 is 2.86 bits per heavy atom. The maximum absolute atomic E-state index is 10.7. The molecule has 2 rings (SSSR count). The summed E-state index contributed by atoms with van der Waals surface area (Å²) in [6, 6.07) is 0. The van der Waals surface area contributed by atoms with Gasteiger partial charge in [0, 0.05) is 23.8 Å². The smallest absolute Gasteiger partial charge is 0.367 e. The number of rotatable bonds is 7. The molecule has 0 atom stereocenters. The fraction of sp³-hybridized carbons (Fsp3) is 0.143. The van der Waals surface area contributed by atoms with Gasteiger partial charge in [-0.1, -0.05) is 36.3 Å². The third-order valence-electron chi connectivity index (χ3n) is 2.74. The van der Waals surface area contributed by atoms with E-state index in [1.807, 2.05) is 23.8 Å². The summed E-state index contributed by atoms with van der Waals surface area (Å²) < 4.78 is 2.42. The number of thioether (sulfide) groups is 1. The van der Waals surface area contributed by atoms with Gasteiger partial charge in [0.15, 0.2) is 4.34 Å². The summed E-state index contributed by atoms with van der Waals surface area (Å²) in [5.74, 6) is -0.454. The summed E-state index contributed by atoms with van der Waals surface area (Å²) in [6.45, 7) is 9.96. The number of imidazole rings is 1. The number of nitrogens with zero attached hydrogens (tertiary/aromatic N) is 4. The van der Waals surface area contributed by atoms with E-state index in [0.29, 0.717) is 10.1 Å². The first kappa shape index (κ1) is 16.2. The Hall–Kier alpha value is -2.19. The minimum absolute atomic E-state index is 0.00568. The third-order valence-corrected chi connectivity index (χ3v) is 4.87. The zero-order chi connectivity index (χ0) is 16.1. The molecule has 2 aromatic heterocycles. The second-order valence-corrected chi connectivity index (χ2v) is 6.56. The monoisotopic (exact) mass is 334 g/mol. The first-order valence-corrected chi connectivity index (χ1v) is 8.01. The summed E-state index contributed by atoms with van der Waals surface area (Å²) in [4.78, 5) is 14.7. The Kier molecular flexibility index (Phi) is 5.29. The Morgan fingerprint density at radius 1 is 1.50 bits per heavy atom. The van der Waals surface area contributed by atoms with Crippen LogP contribution in [-0.2, 0) is 0 Å². The highest BCUT2D eigenvalue weighted by Gasteiger charge is 2.11. The van der Waals surface area contributed by atoms with Gasteiger partial charge in [0.25, 0.3) is 0 Å². The highest BCUT2D eigenvalue weighted by Crippen LogP contribution is 2.26. The minimum Gasteiger partial charge on any atom is -0.476 e. The van der Waals surface area contributed by atoms with E-state index in [0.717, 1.165) is 28.2 Å². The van der Waals surface area contributed by atoms with Crippen LogP contribution in [0, 0.1) is 0 Å². The quantitative estimate of drug-likeness (QED) is 0.618. The van der Waals surface area contributed by atoms with Crippen molar-refractivity contribution in [2.75, 3.05) is 5.75 Å². The molecule has 0 spiro atoms. The fourth-order valence-electron chi connectivity index (χ4n) is 1.47. The van der Waals surface area contributed by atoms with E-state index in [1.54, 1.807) is 12.5 Å². The molecule has 0 unspecified atom stereocenters. The molecule has 22 heavy (non-hydrogen) atoms. The van der Waals surface area contributed by atoms with Crippen molar-refractivity contribution in [1.82, 2.24) is 19.7 Å². The lowest BCUT2D eigenvalue weighted by molar-refractivity contribution is 0.0695. The Morgan fingerprint density at radius 2 is 2.27 bits per heavy atom. The van der Waals surface area contributed by atoms with Gasteiger partial charge in [0.1, 0.15) is 0 Å².